The van der Waals surface area contributed by atoms with Crippen LogP contribution in [0.4, 0.5) is 0 Å². The molecule has 178 valence electrons. The van der Waals surface area contributed by atoms with E-state index in [1.807, 2.05) is 0 Å². The summed E-state index contributed by atoms with van der Waals surface area (Å²) in [6, 6.07) is 10.7. The number of benzene rings is 2. The van der Waals surface area contributed by atoms with Crippen LogP contribution in [-0.4, -0.2) is 64.6 Å². The summed E-state index contributed by atoms with van der Waals surface area (Å²) < 4.78 is 36.7. The van der Waals surface area contributed by atoms with Gasteiger partial charge in [0.25, 0.3) is 11.8 Å². The SMILES string of the molecule is CCN(CC)S(=O)(=O)c1ccc(C(=O)NCC(=O)N/N=C/c2ccc(OC)c(OC)c2)cc1. The fourth-order valence-corrected chi connectivity index (χ4v) is 4.36. The van der Waals surface area contributed by atoms with Gasteiger partial charge in [0.05, 0.1) is 31.9 Å². The zero-order chi connectivity index (χ0) is 24.4. The Bertz CT molecular complexity index is 1100. The summed E-state index contributed by atoms with van der Waals surface area (Å²) in [4.78, 5) is 24.3. The Morgan fingerprint density at radius 2 is 1.64 bits per heavy atom. The monoisotopic (exact) mass is 476 g/mol. The standard InChI is InChI=1S/C22H28N4O6S/c1-5-26(6-2)33(29,30)18-10-8-17(9-11-18)22(28)23-15-21(27)25-24-14-16-7-12-19(31-3)20(13-16)32-4/h7-14H,5-6,15H2,1-4H3,(H,23,28)(H,25,27)/b24-14+. The molecular formula is C22H28N4O6S. The normalized spacial score (nSPS) is 11.4. The minimum absolute atomic E-state index is 0.102. The fourth-order valence-electron chi connectivity index (χ4n) is 2.90. The average molecular weight is 477 g/mol. The van der Waals surface area contributed by atoms with Crippen molar-refractivity contribution in [3.8, 4) is 11.5 Å². The van der Waals surface area contributed by atoms with E-state index in [0.29, 0.717) is 30.2 Å². The Morgan fingerprint density at radius 1 is 1.00 bits per heavy atom. The molecule has 0 heterocycles. The lowest BCUT2D eigenvalue weighted by Crippen LogP contribution is -2.35. The number of methoxy groups -OCH3 is 2. The molecule has 2 aromatic carbocycles. The van der Waals surface area contributed by atoms with Crippen LogP contribution in [0.1, 0.15) is 29.8 Å². The van der Waals surface area contributed by atoms with Crippen LogP contribution in [-0.2, 0) is 14.8 Å². The highest BCUT2D eigenvalue weighted by molar-refractivity contribution is 7.89. The number of nitrogens with one attached hydrogen (secondary N) is 2. The first-order valence-corrected chi connectivity index (χ1v) is 11.6. The van der Waals surface area contributed by atoms with Crippen molar-refractivity contribution in [1.29, 1.82) is 0 Å². The number of sulfonamides is 1. The maximum atomic E-state index is 12.5. The van der Waals surface area contributed by atoms with E-state index >= 15 is 0 Å². The van der Waals surface area contributed by atoms with Crippen molar-refractivity contribution in [2.75, 3.05) is 33.9 Å². The second-order valence-electron chi connectivity index (χ2n) is 6.70. The predicted octanol–water partition coefficient (Wildman–Crippen LogP) is 1.61. The first-order chi connectivity index (χ1) is 15.8. The Labute approximate surface area is 193 Å². The van der Waals surface area contributed by atoms with Gasteiger partial charge in [-0.3, -0.25) is 9.59 Å². The van der Waals surface area contributed by atoms with Crippen LogP contribution in [0.3, 0.4) is 0 Å². The van der Waals surface area contributed by atoms with Gasteiger partial charge in [0.15, 0.2) is 11.5 Å². The van der Waals surface area contributed by atoms with Crippen LogP contribution in [0.2, 0.25) is 0 Å². The van der Waals surface area contributed by atoms with Gasteiger partial charge in [0, 0.05) is 18.7 Å². The largest absolute Gasteiger partial charge is 0.493 e. The highest BCUT2D eigenvalue weighted by Crippen LogP contribution is 2.26. The number of hydrazone groups is 1. The smallest absolute Gasteiger partial charge is 0.259 e. The molecular weight excluding hydrogens is 448 g/mol. The summed E-state index contributed by atoms with van der Waals surface area (Å²) in [7, 11) is -0.559. The Morgan fingerprint density at radius 3 is 2.21 bits per heavy atom. The molecule has 2 N–H and O–H groups in total. The number of nitrogens with zero attached hydrogens (tertiary/aromatic N) is 2. The molecule has 0 aromatic heterocycles. The number of hydrogen-bond acceptors (Lipinski definition) is 7. The van der Waals surface area contributed by atoms with Crippen LogP contribution in [0.25, 0.3) is 0 Å². The van der Waals surface area contributed by atoms with Crippen molar-refractivity contribution in [3.63, 3.8) is 0 Å². The van der Waals surface area contributed by atoms with E-state index < -0.39 is 21.8 Å². The molecule has 0 bridgehead atoms. The summed E-state index contributed by atoms with van der Waals surface area (Å²) >= 11 is 0. The van der Waals surface area contributed by atoms with Crippen LogP contribution in [0.15, 0.2) is 52.5 Å². The molecule has 0 saturated carbocycles. The second kappa shape index (κ2) is 12.0. The van der Waals surface area contributed by atoms with E-state index in [9.17, 15) is 18.0 Å². The summed E-state index contributed by atoms with van der Waals surface area (Å²) in [5.74, 6) is 0.0534. The molecule has 0 fully saturated rings. The Hall–Kier alpha value is -3.44. The predicted molar refractivity (Wildman–Crippen MR) is 124 cm³/mol. The molecule has 0 saturated heterocycles. The molecule has 11 heteroatoms. The third-order valence-electron chi connectivity index (χ3n) is 4.68. The molecule has 33 heavy (non-hydrogen) atoms. The van der Waals surface area contributed by atoms with E-state index in [4.69, 9.17) is 9.47 Å². The first-order valence-electron chi connectivity index (χ1n) is 10.2. The van der Waals surface area contributed by atoms with Gasteiger partial charge in [-0.1, -0.05) is 13.8 Å². The van der Waals surface area contributed by atoms with Gasteiger partial charge in [-0.2, -0.15) is 9.41 Å². The topological polar surface area (TPSA) is 126 Å². The lowest BCUT2D eigenvalue weighted by atomic mass is 10.2. The number of hydrogen-bond donors (Lipinski definition) is 2. The number of amides is 2. The highest BCUT2D eigenvalue weighted by Gasteiger charge is 2.21. The van der Waals surface area contributed by atoms with Crippen molar-refractivity contribution in [2.24, 2.45) is 5.10 Å². The lowest BCUT2D eigenvalue weighted by Gasteiger charge is -2.18. The second-order valence-corrected chi connectivity index (χ2v) is 8.64. The first kappa shape index (κ1) is 25.8. The minimum Gasteiger partial charge on any atom is -0.493 e. The molecule has 0 atom stereocenters. The molecule has 0 radical (unpaired) electrons. The quantitative estimate of drug-likeness (QED) is 0.375. The van der Waals surface area contributed by atoms with Crippen molar-refractivity contribution < 1.29 is 27.5 Å². The van der Waals surface area contributed by atoms with Gasteiger partial charge >= 0.3 is 0 Å². The summed E-state index contributed by atoms with van der Waals surface area (Å²) in [6.07, 6.45) is 1.43. The van der Waals surface area contributed by atoms with E-state index in [1.165, 1.54) is 49.0 Å². The van der Waals surface area contributed by atoms with E-state index in [1.54, 1.807) is 32.0 Å². The van der Waals surface area contributed by atoms with Crippen molar-refractivity contribution >= 4 is 28.1 Å². The molecule has 0 unspecified atom stereocenters. The molecule has 2 aromatic rings. The summed E-state index contributed by atoms with van der Waals surface area (Å²) in [5, 5.41) is 6.31. The molecule has 2 amide bonds. The van der Waals surface area contributed by atoms with Crippen molar-refractivity contribution in [3.05, 3.63) is 53.6 Å². The minimum atomic E-state index is -3.60. The third-order valence-corrected chi connectivity index (χ3v) is 6.74. The molecule has 0 aliphatic carbocycles. The zero-order valence-electron chi connectivity index (χ0n) is 19.0. The number of carbonyl (C=O) groups excluding carboxylic acids is 2. The van der Waals surface area contributed by atoms with E-state index in [2.05, 4.69) is 15.8 Å². The van der Waals surface area contributed by atoms with Gasteiger partial charge in [-0.25, -0.2) is 13.8 Å². The number of rotatable bonds is 11. The average Bonchev–Trinajstić information content (AvgIpc) is 2.83. The molecule has 0 aliphatic rings. The van der Waals surface area contributed by atoms with Gasteiger partial charge in [-0.15, -0.1) is 0 Å². The van der Waals surface area contributed by atoms with Crippen LogP contribution in [0.5, 0.6) is 11.5 Å². The highest BCUT2D eigenvalue weighted by atomic mass is 32.2. The Kier molecular flexibility index (Phi) is 9.37. The number of carbonyl (C=O) groups is 2. The van der Waals surface area contributed by atoms with Gasteiger partial charge < -0.3 is 14.8 Å². The maximum absolute atomic E-state index is 12.5. The summed E-state index contributed by atoms with van der Waals surface area (Å²) in [6.45, 7) is 3.91. The van der Waals surface area contributed by atoms with Crippen molar-refractivity contribution in [1.82, 2.24) is 15.0 Å². The Balaban J connectivity index is 1.90. The van der Waals surface area contributed by atoms with E-state index in [0.717, 1.165) is 0 Å². The van der Waals surface area contributed by atoms with Crippen LogP contribution >= 0.6 is 0 Å². The summed E-state index contributed by atoms with van der Waals surface area (Å²) in [5.41, 5.74) is 3.23. The third kappa shape index (κ3) is 6.77. The molecule has 0 aliphatic heterocycles. The van der Waals surface area contributed by atoms with E-state index in [-0.39, 0.29) is 17.0 Å². The van der Waals surface area contributed by atoms with Gasteiger partial charge in [0.2, 0.25) is 10.0 Å². The van der Waals surface area contributed by atoms with Crippen LogP contribution < -0.4 is 20.2 Å². The molecule has 0 spiro atoms. The van der Waals surface area contributed by atoms with Crippen LogP contribution in [0, 0.1) is 0 Å². The van der Waals surface area contributed by atoms with Crippen molar-refractivity contribution in [2.45, 2.75) is 18.7 Å². The maximum Gasteiger partial charge on any atom is 0.259 e. The number of ether oxygens (including phenoxy) is 2. The van der Waals surface area contributed by atoms with Gasteiger partial charge in [0.1, 0.15) is 0 Å². The molecule has 2 rings (SSSR count). The zero-order valence-corrected chi connectivity index (χ0v) is 19.8. The van der Waals surface area contributed by atoms with Gasteiger partial charge in [-0.05, 0) is 48.0 Å². The lowest BCUT2D eigenvalue weighted by molar-refractivity contribution is -0.120. The molecule has 10 nitrogen and oxygen atoms in total. The fraction of sp³-hybridized carbons (Fsp3) is 0.318.